The number of fused-ring (bicyclic) bond motifs is 1. The van der Waals surface area contributed by atoms with Crippen LogP contribution in [0.5, 0.6) is 5.75 Å². The van der Waals surface area contributed by atoms with Gasteiger partial charge in [0, 0.05) is 33.6 Å². The predicted molar refractivity (Wildman–Crippen MR) is 100 cm³/mol. The number of carbonyl (C=O) groups excluding carboxylic acids is 1. The molecule has 126 valence electrons. The van der Waals surface area contributed by atoms with Gasteiger partial charge in [-0.15, -0.1) is 0 Å². The molecule has 1 saturated carbocycles. The molecule has 0 saturated heterocycles. The van der Waals surface area contributed by atoms with Crippen LogP contribution < -0.4 is 10.1 Å². The normalized spacial score (nSPS) is 13.7. The van der Waals surface area contributed by atoms with Gasteiger partial charge in [0.2, 0.25) is 5.91 Å². The molecule has 4 nitrogen and oxygen atoms in total. The first-order valence-electron chi connectivity index (χ1n) is 8.19. The zero-order valence-electron chi connectivity index (χ0n) is 13.8. The Morgan fingerprint density at radius 3 is 2.76 bits per heavy atom. The molecule has 5 heteroatoms. The van der Waals surface area contributed by atoms with Gasteiger partial charge >= 0.3 is 0 Å². The van der Waals surface area contributed by atoms with Crippen LogP contribution >= 0.6 is 11.6 Å². The molecular formula is C20H17ClN2O2. The van der Waals surface area contributed by atoms with Crippen molar-refractivity contribution < 1.29 is 9.53 Å². The minimum atomic E-state index is 0.0850. The van der Waals surface area contributed by atoms with Gasteiger partial charge < -0.3 is 10.1 Å². The zero-order valence-corrected chi connectivity index (χ0v) is 14.5. The average Bonchev–Trinajstić information content (AvgIpc) is 3.46. The lowest BCUT2D eigenvalue weighted by Gasteiger charge is -2.11. The molecule has 0 unspecified atom stereocenters. The first-order valence-corrected chi connectivity index (χ1v) is 8.57. The molecule has 1 heterocycles. The Labute approximate surface area is 150 Å². The van der Waals surface area contributed by atoms with Crippen LogP contribution in [0.4, 0.5) is 5.69 Å². The average molecular weight is 353 g/mol. The summed E-state index contributed by atoms with van der Waals surface area (Å²) in [7, 11) is 1.63. The quantitative estimate of drug-likeness (QED) is 0.725. The maximum atomic E-state index is 12.0. The van der Waals surface area contributed by atoms with E-state index in [4.69, 9.17) is 21.3 Å². The Hall–Kier alpha value is -2.59. The highest BCUT2D eigenvalue weighted by atomic mass is 35.5. The highest BCUT2D eigenvalue weighted by Gasteiger charge is 2.29. The second-order valence-electron chi connectivity index (χ2n) is 6.22. The Morgan fingerprint density at radius 1 is 1.20 bits per heavy atom. The third kappa shape index (κ3) is 3.30. The number of ether oxygens (including phenoxy) is 1. The number of anilines is 1. The molecule has 0 radical (unpaired) electrons. The number of pyridine rings is 1. The van der Waals surface area contributed by atoms with Gasteiger partial charge in [0.05, 0.1) is 18.3 Å². The van der Waals surface area contributed by atoms with E-state index in [1.165, 1.54) is 0 Å². The third-order valence-corrected chi connectivity index (χ3v) is 4.56. The number of rotatable bonds is 4. The zero-order chi connectivity index (χ0) is 17.4. The molecule has 25 heavy (non-hydrogen) atoms. The van der Waals surface area contributed by atoms with Crippen LogP contribution in [0.15, 0.2) is 48.5 Å². The van der Waals surface area contributed by atoms with Crippen molar-refractivity contribution in [2.75, 3.05) is 12.4 Å². The van der Waals surface area contributed by atoms with E-state index in [0.29, 0.717) is 10.8 Å². The first-order chi connectivity index (χ1) is 12.1. The minimum Gasteiger partial charge on any atom is -0.496 e. The van der Waals surface area contributed by atoms with E-state index in [2.05, 4.69) is 5.32 Å². The van der Waals surface area contributed by atoms with Gasteiger partial charge in [0.15, 0.2) is 0 Å². The van der Waals surface area contributed by atoms with E-state index >= 15 is 0 Å². The lowest BCUT2D eigenvalue weighted by Crippen LogP contribution is -2.13. The van der Waals surface area contributed by atoms with Crippen molar-refractivity contribution in [2.45, 2.75) is 12.8 Å². The maximum absolute atomic E-state index is 12.0. The smallest absolute Gasteiger partial charge is 0.227 e. The van der Waals surface area contributed by atoms with Crippen molar-refractivity contribution in [3.63, 3.8) is 0 Å². The van der Waals surface area contributed by atoms with Crippen LogP contribution in [0.2, 0.25) is 5.02 Å². The fraction of sp³-hybridized carbons (Fsp3) is 0.200. The molecule has 0 aliphatic heterocycles. The maximum Gasteiger partial charge on any atom is 0.227 e. The number of halogens is 1. The van der Waals surface area contributed by atoms with Gasteiger partial charge in [-0.25, -0.2) is 4.98 Å². The number of hydrogen-bond donors (Lipinski definition) is 1. The van der Waals surface area contributed by atoms with Gasteiger partial charge in [-0.1, -0.05) is 23.7 Å². The SMILES string of the molecule is COc1cc(-c2cccc(Cl)c2)nc2ccc(NC(=O)C3CC3)cc12. The number of carbonyl (C=O) groups is 1. The summed E-state index contributed by atoms with van der Waals surface area (Å²) in [6.45, 7) is 0. The molecule has 0 atom stereocenters. The molecule has 0 spiro atoms. The number of benzene rings is 2. The Balaban J connectivity index is 1.75. The molecule has 4 rings (SSSR count). The molecule has 1 aliphatic carbocycles. The second kappa shape index (κ2) is 6.37. The van der Waals surface area contributed by atoms with Crippen LogP contribution in [0, 0.1) is 5.92 Å². The van der Waals surface area contributed by atoms with E-state index in [9.17, 15) is 4.79 Å². The number of aromatic nitrogens is 1. The van der Waals surface area contributed by atoms with Gasteiger partial charge in [-0.05, 0) is 43.2 Å². The van der Waals surface area contributed by atoms with Crippen molar-refractivity contribution >= 4 is 34.1 Å². The summed E-state index contributed by atoms with van der Waals surface area (Å²) in [5.74, 6) is 0.963. The monoisotopic (exact) mass is 352 g/mol. The largest absolute Gasteiger partial charge is 0.496 e. The van der Waals surface area contributed by atoms with Crippen LogP contribution in [-0.4, -0.2) is 18.0 Å². The Kier molecular flexibility index (Phi) is 4.06. The molecule has 0 bridgehead atoms. The van der Waals surface area contributed by atoms with Crippen molar-refractivity contribution in [1.82, 2.24) is 4.98 Å². The molecular weight excluding hydrogens is 336 g/mol. The Bertz CT molecular complexity index is 967. The highest BCUT2D eigenvalue weighted by Crippen LogP contribution is 2.34. The summed E-state index contributed by atoms with van der Waals surface area (Å²) < 4.78 is 5.55. The topological polar surface area (TPSA) is 51.2 Å². The Morgan fingerprint density at radius 2 is 2.04 bits per heavy atom. The van der Waals surface area contributed by atoms with Crippen molar-refractivity contribution in [3.8, 4) is 17.0 Å². The number of nitrogens with zero attached hydrogens (tertiary/aromatic N) is 1. The second-order valence-corrected chi connectivity index (χ2v) is 6.65. The van der Waals surface area contributed by atoms with E-state index in [1.807, 2.05) is 48.5 Å². The van der Waals surface area contributed by atoms with Gasteiger partial charge in [-0.3, -0.25) is 4.79 Å². The molecule has 1 amide bonds. The fourth-order valence-electron chi connectivity index (χ4n) is 2.83. The van der Waals surface area contributed by atoms with E-state index in [-0.39, 0.29) is 11.8 Å². The fourth-order valence-corrected chi connectivity index (χ4v) is 3.02. The van der Waals surface area contributed by atoms with E-state index in [0.717, 1.165) is 40.7 Å². The third-order valence-electron chi connectivity index (χ3n) is 4.33. The van der Waals surface area contributed by atoms with Crippen LogP contribution in [-0.2, 0) is 4.79 Å². The van der Waals surface area contributed by atoms with Crippen LogP contribution in [0.3, 0.4) is 0 Å². The molecule has 1 aromatic heterocycles. The predicted octanol–water partition coefficient (Wildman–Crippen LogP) is 4.91. The summed E-state index contributed by atoms with van der Waals surface area (Å²) in [6, 6.07) is 15.1. The first kappa shape index (κ1) is 15.9. The van der Waals surface area contributed by atoms with Crippen molar-refractivity contribution in [1.29, 1.82) is 0 Å². The van der Waals surface area contributed by atoms with E-state index < -0.39 is 0 Å². The molecule has 1 fully saturated rings. The highest BCUT2D eigenvalue weighted by molar-refractivity contribution is 6.30. The summed E-state index contributed by atoms with van der Waals surface area (Å²) in [4.78, 5) is 16.7. The van der Waals surface area contributed by atoms with Crippen LogP contribution in [0.25, 0.3) is 22.2 Å². The molecule has 1 aliphatic rings. The standard InChI is InChI=1S/C20H17ClN2O2/c1-25-19-11-18(13-3-2-4-14(21)9-13)23-17-8-7-15(10-16(17)19)22-20(24)12-5-6-12/h2-4,7-12H,5-6H2,1H3,(H,22,24). The molecule has 3 aromatic rings. The molecule has 1 N–H and O–H groups in total. The van der Waals surface area contributed by atoms with E-state index in [1.54, 1.807) is 7.11 Å². The van der Waals surface area contributed by atoms with Crippen LogP contribution in [0.1, 0.15) is 12.8 Å². The number of nitrogens with one attached hydrogen (secondary N) is 1. The molecule has 2 aromatic carbocycles. The van der Waals surface area contributed by atoms with Gasteiger partial charge in [0.25, 0.3) is 0 Å². The lowest BCUT2D eigenvalue weighted by atomic mass is 10.1. The number of hydrogen-bond acceptors (Lipinski definition) is 3. The summed E-state index contributed by atoms with van der Waals surface area (Å²) in [5.41, 5.74) is 3.29. The number of amides is 1. The van der Waals surface area contributed by atoms with Gasteiger partial charge in [0.1, 0.15) is 5.75 Å². The lowest BCUT2D eigenvalue weighted by molar-refractivity contribution is -0.117. The van der Waals surface area contributed by atoms with Crippen molar-refractivity contribution in [2.24, 2.45) is 5.92 Å². The number of methoxy groups -OCH3 is 1. The minimum absolute atomic E-state index is 0.0850. The van der Waals surface area contributed by atoms with Crippen molar-refractivity contribution in [3.05, 3.63) is 53.6 Å². The van der Waals surface area contributed by atoms with Gasteiger partial charge in [-0.2, -0.15) is 0 Å². The summed E-state index contributed by atoms with van der Waals surface area (Å²) in [6.07, 6.45) is 1.96. The summed E-state index contributed by atoms with van der Waals surface area (Å²) >= 11 is 6.09. The summed E-state index contributed by atoms with van der Waals surface area (Å²) in [5, 5.41) is 4.49.